The SMILES string of the molecule is CNC(=S)NC(C)c1cnn(C)c1C. The third-order valence-electron chi connectivity index (χ3n) is 2.31. The van der Waals surface area contributed by atoms with Crippen LogP contribution in [-0.2, 0) is 7.05 Å². The van der Waals surface area contributed by atoms with E-state index in [2.05, 4.69) is 22.7 Å². The van der Waals surface area contributed by atoms with E-state index in [1.54, 1.807) is 7.05 Å². The predicted molar refractivity (Wildman–Crippen MR) is 61.2 cm³/mol. The molecule has 1 heterocycles. The second-order valence-corrected chi connectivity index (χ2v) is 3.66. The number of aryl methyl sites for hydroxylation is 1. The molecule has 0 aromatic carbocycles. The van der Waals surface area contributed by atoms with Crippen molar-refractivity contribution in [2.75, 3.05) is 7.05 Å². The summed E-state index contributed by atoms with van der Waals surface area (Å²) in [4.78, 5) is 0. The summed E-state index contributed by atoms with van der Waals surface area (Å²) in [7, 11) is 3.74. The smallest absolute Gasteiger partial charge is 0.166 e. The molecule has 1 rings (SSSR count). The number of hydrogen-bond acceptors (Lipinski definition) is 2. The zero-order valence-corrected chi connectivity index (χ0v) is 9.77. The van der Waals surface area contributed by atoms with Crippen LogP contribution in [0, 0.1) is 6.92 Å². The van der Waals surface area contributed by atoms with Gasteiger partial charge in [-0.15, -0.1) is 0 Å². The number of thiocarbonyl (C=S) groups is 1. The van der Waals surface area contributed by atoms with E-state index < -0.39 is 0 Å². The van der Waals surface area contributed by atoms with Crippen molar-refractivity contribution >= 4 is 17.3 Å². The van der Waals surface area contributed by atoms with E-state index in [0.29, 0.717) is 5.11 Å². The second-order valence-electron chi connectivity index (χ2n) is 3.25. The first-order valence-electron chi connectivity index (χ1n) is 4.53. The van der Waals surface area contributed by atoms with Crippen LogP contribution in [0.1, 0.15) is 24.2 Å². The van der Waals surface area contributed by atoms with Gasteiger partial charge in [0.25, 0.3) is 0 Å². The van der Waals surface area contributed by atoms with Crippen molar-refractivity contribution in [1.29, 1.82) is 0 Å². The van der Waals surface area contributed by atoms with Gasteiger partial charge in [0.1, 0.15) is 0 Å². The Labute approximate surface area is 89.7 Å². The second kappa shape index (κ2) is 4.41. The van der Waals surface area contributed by atoms with Gasteiger partial charge in [-0.1, -0.05) is 0 Å². The number of aromatic nitrogens is 2. The summed E-state index contributed by atoms with van der Waals surface area (Å²) < 4.78 is 1.86. The van der Waals surface area contributed by atoms with E-state index in [1.165, 1.54) is 5.56 Å². The highest BCUT2D eigenvalue weighted by Gasteiger charge is 2.11. The van der Waals surface area contributed by atoms with Gasteiger partial charge in [-0.05, 0) is 26.1 Å². The molecule has 0 bridgehead atoms. The number of hydrogen-bond donors (Lipinski definition) is 2. The van der Waals surface area contributed by atoms with Crippen LogP contribution in [0.3, 0.4) is 0 Å². The third-order valence-corrected chi connectivity index (χ3v) is 2.64. The molecule has 1 atom stereocenters. The van der Waals surface area contributed by atoms with E-state index in [4.69, 9.17) is 12.2 Å². The Bertz CT molecular complexity index is 332. The molecular formula is C9H16N4S. The molecule has 0 aliphatic heterocycles. The first-order chi connectivity index (χ1) is 6.56. The molecule has 4 nitrogen and oxygen atoms in total. The first-order valence-corrected chi connectivity index (χ1v) is 4.93. The minimum Gasteiger partial charge on any atom is -0.366 e. The van der Waals surface area contributed by atoms with Crippen LogP contribution in [0.25, 0.3) is 0 Å². The molecule has 1 unspecified atom stereocenters. The molecule has 0 radical (unpaired) electrons. The molecule has 0 spiro atoms. The van der Waals surface area contributed by atoms with Gasteiger partial charge in [-0.2, -0.15) is 5.10 Å². The first kappa shape index (κ1) is 11.0. The maximum Gasteiger partial charge on any atom is 0.166 e. The molecule has 78 valence electrons. The molecule has 1 aromatic rings. The van der Waals surface area contributed by atoms with Gasteiger partial charge < -0.3 is 10.6 Å². The lowest BCUT2D eigenvalue weighted by Crippen LogP contribution is -2.34. The lowest BCUT2D eigenvalue weighted by molar-refractivity contribution is 0.692. The molecule has 0 saturated carbocycles. The minimum atomic E-state index is 0.184. The number of nitrogens with zero attached hydrogens (tertiary/aromatic N) is 2. The fourth-order valence-electron chi connectivity index (χ4n) is 1.29. The van der Waals surface area contributed by atoms with Crippen LogP contribution in [0.5, 0.6) is 0 Å². The van der Waals surface area contributed by atoms with E-state index in [-0.39, 0.29) is 6.04 Å². The summed E-state index contributed by atoms with van der Waals surface area (Å²) in [6.45, 7) is 4.11. The molecule has 14 heavy (non-hydrogen) atoms. The van der Waals surface area contributed by atoms with E-state index in [0.717, 1.165) is 5.69 Å². The van der Waals surface area contributed by atoms with Crippen LogP contribution in [0.4, 0.5) is 0 Å². The number of nitrogens with one attached hydrogen (secondary N) is 2. The number of rotatable bonds is 2. The monoisotopic (exact) mass is 212 g/mol. The Morgan fingerprint density at radius 2 is 2.29 bits per heavy atom. The Balaban J connectivity index is 2.74. The van der Waals surface area contributed by atoms with Crippen molar-refractivity contribution in [3.63, 3.8) is 0 Å². The van der Waals surface area contributed by atoms with Crippen LogP contribution in [-0.4, -0.2) is 21.9 Å². The molecule has 0 saturated heterocycles. The van der Waals surface area contributed by atoms with E-state index in [9.17, 15) is 0 Å². The molecule has 1 aromatic heterocycles. The molecule has 5 heteroatoms. The van der Waals surface area contributed by atoms with Gasteiger partial charge in [0.2, 0.25) is 0 Å². The van der Waals surface area contributed by atoms with Crippen LogP contribution in [0.15, 0.2) is 6.20 Å². The summed E-state index contributed by atoms with van der Waals surface area (Å²) in [6, 6.07) is 0.184. The van der Waals surface area contributed by atoms with Crippen LogP contribution < -0.4 is 10.6 Å². The molecule has 2 N–H and O–H groups in total. The van der Waals surface area contributed by atoms with Crippen molar-refractivity contribution in [3.05, 3.63) is 17.5 Å². The summed E-state index contributed by atoms with van der Waals surface area (Å²) in [5.74, 6) is 0. The average Bonchev–Trinajstić information content (AvgIpc) is 2.47. The van der Waals surface area contributed by atoms with E-state index in [1.807, 2.05) is 24.9 Å². The lowest BCUT2D eigenvalue weighted by Gasteiger charge is -2.15. The van der Waals surface area contributed by atoms with Gasteiger partial charge in [0.05, 0.1) is 12.2 Å². The minimum absolute atomic E-state index is 0.184. The lowest BCUT2D eigenvalue weighted by atomic mass is 10.1. The quantitative estimate of drug-likeness (QED) is 0.714. The van der Waals surface area contributed by atoms with Crippen molar-refractivity contribution in [2.45, 2.75) is 19.9 Å². The van der Waals surface area contributed by atoms with Crippen molar-refractivity contribution in [3.8, 4) is 0 Å². The van der Waals surface area contributed by atoms with Gasteiger partial charge in [-0.3, -0.25) is 4.68 Å². The van der Waals surface area contributed by atoms with Gasteiger partial charge >= 0.3 is 0 Å². The third kappa shape index (κ3) is 2.23. The summed E-state index contributed by atoms with van der Waals surface area (Å²) in [5.41, 5.74) is 2.33. The van der Waals surface area contributed by atoms with Gasteiger partial charge in [0, 0.05) is 25.4 Å². The summed E-state index contributed by atoms with van der Waals surface area (Å²) >= 11 is 5.03. The molecular weight excluding hydrogens is 196 g/mol. The summed E-state index contributed by atoms with van der Waals surface area (Å²) in [6.07, 6.45) is 1.87. The Morgan fingerprint density at radius 3 is 2.71 bits per heavy atom. The standard InChI is InChI=1S/C9H16N4S/c1-6(12-9(14)10-3)8-5-11-13(4)7(8)2/h5-6H,1-4H3,(H2,10,12,14). The summed E-state index contributed by atoms with van der Waals surface area (Å²) in [5, 5.41) is 10.9. The van der Waals surface area contributed by atoms with Crippen LogP contribution in [0.2, 0.25) is 0 Å². The molecule has 0 amide bonds. The van der Waals surface area contributed by atoms with Crippen LogP contribution >= 0.6 is 12.2 Å². The largest absolute Gasteiger partial charge is 0.366 e. The van der Waals surface area contributed by atoms with Crippen molar-refractivity contribution < 1.29 is 0 Å². The normalized spacial score (nSPS) is 12.3. The van der Waals surface area contributed by atoms with E-state index >= 15 is 0 Å². The van der Waals surface area contributed by atoms with Crippen molar-refractivity contribution in [1.82, 2.24) is 20.4 Å². The highest BCUT2D eigenvalue weighted by atomic mass is 32.1. The fraction of sp³-hybridized carbons (Fsp3) is 0.556. The van der Waals surface area contributed by atoms with Gasteiger partial charge in [0.15, 0.2) is 5.11 Å². The predicted octanol–water partition coefficient (Wildman–Crippen LogP) is 0.883. The Kier molecular flexibility index (Phi) is 3.46. The maximum absolute atomic E-state index is 5.03. The maximum atomic E-state index is 5.03. The molecule has 0 fully saturated rings. The van der Waals surface area contributed by atoms with Gasteiger partial charge in [-0.25, -0.2) is 0 Å². The average molecular weight is 212 g/mol. The zero-order chi connectivity index (χ0) is 10.7. The highest BCUT2D eigenvalue weighted by Crippen LogP contribution is 2.15. The highest BCUT2D eigenvalue weighted by molar-refractivity contribution is 7.80. The zero-order valence-electron chi connectivity index (χ0n) is 8.96. The molecule has 0 aliphatic rings. The Morgan fingerprint density at radius 1 is 1.64 bits per heavy atom. The van der Waals surface area contributed by atoms with Crippen molar-refractivity contribution in [2.24, 2.45) is 7.05 Å². The molecule has 0 aliphatic carbocycles. The topological polar surface area (TPSA) is 41.9 Å². The fourth-order valence-corrected chi connectivity index (χ4v) is 1.46. The Hall–Kier alpha value is -1.10.